The zero-order valence-corrected chi connectivity index (χ0v) is 18.9. The smallest absolute Gasteiger partial charge is 0.229 e. The molecule has 0 saturated heterocycles. The fourth-order valence-electron chi connectivity index (χ4n) is 3.38. The summed E-state index contributed by atoms with van der Waals surface area (Å²) in [5.41, 5.74) is 10.1. The number of aromatic amines is 1. The van der Waals surface area contributed by atoms with Crippen LogP contribution in [0.5, 0.6) is 5.75 Å². The van der Waals surface area contributed by atoms with Crippen LogP contribution in [0.3, 0.4) is 0 Å². The Labute approximate surface area is 187 Å². The summed E-state index contributed by atoms with van der Waals surface area (Å²) < 4.78 is 25.8. The van der Waals surface area contributed by atoms with Gasteiger partial charge in [-0.3, -0.25) is 9.39 Å². The first-order chi connectivity index (χ1) is 15.0. The lowest BCUT2D eigenvalue weighted by Gasteiger charge is -2.13. The van der Waals surface area contributed by atoms with Gasteiger partial charge in [0.15, 0.2) is 22.5 Å². The third-order valence-corrected chi connectivity index (χ3v) is 6.67. The predicted octanol–water partition coefficient (Wildman–Crippen LogP) is 3.65. The monoisotopic (exact) mass is 456 g/mol. The zero-order valence-electron chi connectivity index (χ0n) is 17.3. The molecule has 0 aliphatic carbocycles. The maximum absolute atomic E-state index is 11.3. The van der Waals surface area contributed by atoms with E-state index in [-0.39, 0.29) is 11.1 Å². The third-order valence-electron chi connectivity index (χ3n) is 4.79. The van der Waals surface area contributed by atoms with Gasteiger partial charge in [-0.25, -0.2) is 4.98 Å². The van der Waals surface area contributed by atoms with E-state index in [4.69, 9.17) is 15.5 Å². The summed E-state index contributed by atoms with van der Waals surface area (Å²) in [7, 11) is 0. The number of nitrogens with one attached hydrogen (secondary N) is 1. The van der Waals surface area contributed by atoms with E-state index in [0.717, 1.165) is 34.1 Å². The number of fused-ring (bicyclic) bond motifs is 1. The number of aromatic nitrogens is 4. The highest BCUT2D eigenvalue weighted by Crippen LogP contribution is 2.33. The van der Waals surface area contributed by atoms with E-state index in [1.54, 1.807) is 11.8 Å². The summed E-state index contributed by atoms with van der Waals surface area (Å²) >= 11 is 0.267. The van der Waals surface area contributed by atoms with Gasteiger partial charge in [0.2, 0.25) is 11.3 Å². The Bertz CT molecular complexity index is 1230. The number of benzene rings is 1. The molecule has 3 N–H and O–H groups in total. The highest BCUT2D eigenvalue weighted by molar-refractivity contribution is 7.99. The van der Waals surface area contributed by atoms with Crippen molar-refractivity contribution in [1.82, 2.24) is 18.1 Å². The van der Waals surface area contributed by atoms with Crippen molar-refractivity contribution in [2.75, 3.05) is 18.0 Å². The van der Waals surface area contributed by atoms with Gasteiger partial charge in [-0.05, 0) is 31.5 Å². The van der Waals surface area contributed by atoms with Crippen LogP contribution in [0.1, 0.15) is 29.1 Å². The molecule has 0 aliphatic rings. The van der Waals surface area contributed by atoms with E-state index in [0.29, 0.717) is 18.6 Å². The lowest BCUT2D eigenvalue weighted by atomic mass is 10.2. The van der Waals surface area contributed by atoms with Gasteiger partial charge < -0.3 is 15.0 Å². The Morgan fingerprint density at radius 1 is 1.29 bits per heavy atom. The molecule has 8 nitrogen and oxygen atoms in total. The number of aryl methyl sites for hydroxylation is 1. The van der Waals surface area contributed by atoms with Gasteiger partial charge in [0.1, 0.15) is 6.61 Å². The SMILES string of the molecule is Cc1nc2c(OCc3ccccc3)cccn2c1C(C)SCCN=c1[nH][s+]([O-])nc1N. The summed E-state index contributed by atoms with van der Waals surface area (Å²) in [4.78, 5) is 9.13. The molecule has 2 unspecified atom stereocenters. The number of hydrogen-bond donors (Lipinski definition) is 2. The predicted molar refractivity (Wildman–Crippen MR) is 124 cm³/mol. The number of hydrogen-bond acceptors (Lipinski definition) is 7. The minimum atomic E-state index is -1.50. The summed E-state index contributed by atoms with van der Waals surface area (Å²) in [5.74, 6) is 1.74. The van der Waals surface area contributed by atoms with Gasteiger partial charge >= 0.3 is 0 Å². The largest absolute Gasteiger partial charge is 0.548 e. The summed E-state index contributed by atoms with van der Waals surface area (Å²) in [6, 6.07) is 14.0. The number of nitrogens with two attached hydrogens (primary N) is 1. The Morgan fingerprint density at radius 2 is 2.10 bits per heavy atom. The van der Waals surface area contributed by atoms with E-state index in [1.807, 2.05) is 55.6 Å². The van der Waals surface area contributed by atoms with E-state index in [9.17, 15) is 4.55 Å². The number of nitrogens with zero attached hydrogens (tertiary/aromatic N) is 4. The van der Waals surface area contributed by atoms with Crippen LogP contribution in [-0.2, 0) is 6.61 Å². The quantitative estimate of drug-likeness (QED) is 0.309. The van der Waals surface area contributed by atoms with Crippen LogP contribution < -0.4 is 16.0 Å². The number of anilines is 1. The molecular weight excluding hydrogens is 432 g/mol. The van der Waals surface area contributed by atoms with Crippen LogP contribution in [0.15, 0.2) is 53.7 Å². The Kier molecular flexibility index (Phi) is 6.59. The van der Waals surface area contributed by atoms with Crippen molar-refractivity contribution >= 4 is 34.4 Å². The third kappa shape index (κ3) is 4.92. The highest BCUT2D eigenvalue weighted by Gasteiger charge is 2.18. The van der Waals surface area contributed by atoms with Crippen molar-refractivity contribution in [3.63, 3.8) is 0 Å². The molecule has 0 bridgehead atoms. The fraction of sp³-hybridized carbons (Fsp3) is 0.286. The lowest BCUT2D eigenvalue weighted by Crippen LogP contribution is -2.10. The second-order valence-electron chi connectivity index (χ2n) is 6.99. The summed E-state index contributed by atoms with van der Waals surface area (Å²) in [6.45, 7) is 5.23. The minimum absolute atomic E-state index is 0.192. The van der Waals surface area contributed by atoms with Crippen molar-refractivity contribution in [3.8, 4) is 5.75 Å². The first-order valence-corrected chi connectivity index (χ1v) is 12.0. The topological polar surface area (TPSA) is 117 Å². The number of imidazole rings is 1. The minimum Gasteiger partial charge on any atom is -0.548 e. The van der Waals surface area contributed by atoms with Crippen LogP contribution in [0, 0.1) is 6.92 Å². The molecule has 10 heteroatoms. The van der Waals surface area contributed by atoms with E-state index in [2.05, 4.69) is 25.1 Å². The molecule has 0 saturated carbocycles. The lowest BCUT2D eigenvalue weighted by molar-refractivity contribution is 0.308. The second-order valence-corrected chi connectivity index (χ2v) is 9.33. The van der Waals surface area contributed by atoms with Crippen LogP contribution in [0.4, 0.5) is 5.82 Å². The van der Waals surface area contributed by atoms with Crippen LogP contribution in [0.25, 0.3) is 5.65 Å². The number of thioether (sulfide) groups is 1. The van der Waals surface area contributed by atoms with Gasteiger partial charge in [0.05, 0.1) is 17.9 Å². The molecule has 0 radical (unpaired) electrons. The maximum atomic E-state index is 11.3. The van der Waals surface area contributed by atoms with Crippen molar-refractivity contribution < 1.29 is 9.29 Å². The molecule has 4 rings (SSSR count). The van der Waals surface area contributed by atoms with Crippen LogP contribution in [0.2, 0.25) is 0 Å². The average Bonchev–Trinajstić information content (AvgIpc) is 3.27. The van der Waals surface area contributed by atoms with Gasteiger partial charge in [-0.2, -0.15) is 11.8 Å². The standard InChI is InChI=1S/C21H24N6O2S2/c1-14-18(15(2)30-12-10-23-20-19(22)25-31(28)26-20)27-11-6-9-17(21(27)24-14)29-13-16-7-4-3-5-8-16/h3-9,11,15H,10,12-13H2,1-2H3,(H2,22,25)(H,23,26). The van der Waals surface area contributed by atoms with E-state index < -0.39 is 11.1 Å². The van der Waals surface area contributed by atoms with Crippen LogP contribution in [-0.4, -0.2) is 35.0 Å². The average molecular weight is 457 g/mol. The van der Waals surface area contributed by atoms with Crippen LogP contribution >= 0.6 is 22.9 Å². The molecule has 1 aromatic carbocycles. The number of ether oxygens (including phenoxy) is 1. The normalized spacial score (nSPS) is 13.6. The molecule has 31 heavy (non-hydrogen) atoms. The number of rotatable bonds is 8. The molecule has 4 aromatic rings. The number of nitrogen functional groups attached to an aromatic ring is 1. The first-order valence-electron chi connectivity index (χ1n) is 9.86. The highest BCUT2D eigenvalue weighted by atomic mass is 32.2. The fourth-order valence-corrected chi connectivity index (χ4v) is 5.02. The van der Waals surface area contributed by atoms with Gasteiger partial charge in [0.25, 0.3) is 0 Å². The maximum Gasteiger partial charge on any atom is 0.229 e. The van der Waals surface area contributed by atoms with Gasteiger partial charge in [0, 0.05) is 21.6 Å². The molecule has 162 valence electrons. The van der Waals surface area contributed by atoms with Crippen molar-refractivity contribution in [3.05, 3.63) is 71.1 Å². The molecular formula is C21H24N6O2S2. The second kappa shape index (κ2) is 9.54. The molecule has 3 heterocycles. The first kappa shape index (κ1) is 21.4. The molecule has 0 amide bonds. The van der Waals surface area contributed by atoms with Crippen molar-refractivity contribution in [1.29, 1.82) is 0 Å². The van der Waals surface area contributed by atoms with Crippen molar-refractivity contribution in [2.45, 2.75) is 25.7 Å². The number of pyridine rings is 1. The zero-order chi connectivity index (χ0) is 21.8. The summed E-state index contributed by atoms with van der Waals surface area (Å²) in [5, 5.41) is 0.205. The summed E-state index contributed by atoms with van der Waals surface area (Å²) in [6.07, 6.45) is 2.02. The molecule has 0 fully saturated rings. The van der Waals surface area contributed by atoms with Gasteiger partial charge in [-0.1, -0.05) is 30.3 Å². The van der Waals surface area contributed by atoms with E-state index in [1.165, 1.54) is 0 Å². The number of H-pyrrole nitrogens is 1. The Morgan fingerprint density at radius 3 is 2.84 bits per heavy atom. The Balaban J connectivity index is 1.46. The molecule has 0 aliphatic heterocycles. The van der Waals surface area contributed by atoms with E-state index >= 15 is 0 Å². The molecule has 2 atom stereocenters. The molecule has 0 spiro atoms. The molecule has 3 aromatic heterocycles. The van der Waals surface area contributed by atoms with Gasteiger partial charge in [-0.15, -0.1) is 4.37 Å². The Hall–Kier alpha value is -2.82. The van der Waals surface area contributed by atoms with Crippen molar-refractivity contribution in [2.24, 2.45) is 4.99 Å².